The van der Waals surface area contributed by atoms with Gasteiger partial charge in [0.15, 0.2) is 0 Å². The van der Waals surface area contributed by atoms with Crippen LogP contribution in [0.1, 0.15) is 16.7 Å². The highest BCUT2D eigenvalue weighted by Crippen LogP contribution is 2.10. The lowest BCUT2D eigenvalue weighted by molar-refractivity contribution is 0.240. The summed E-state index contributed by atoms with van der Waals surface area (Å²) in [5, 5.41) is 10.0. The molecule has 146 valence electrons. The zero-order chi connectivity index (χ0) is 19.9. The SMILES string of the molecule is O=C(NCc1ccc(-n2ccnc2)nc1)NCc1ccccc1Cn1cccn1. The molecule has 0 unspecified atom stereocenters. The zero-order valence-electron chi connectivity index (χ0n) is 15.8. The second-order valence-corrected chi connectivity index (χ2v) is 6.50. The molecular formula is C21H21N7O. The fourth-order valence-corrected chi connectivity index (χ4v) is 2.94. The number of urea groups is 1. The Hall–Kier alpha value is -3.94. The van der Waals surface area contributed by atoms with E-state index in [9.17, 15) is 4.79 Å². The molecule has 0 saturated heterocycles. The van der Waals surface area contributed by atoms with E-state index in [2.05, 4.69) is 25.7 Å². The number of aromatic nitrogens is 5. The number of hydrogen-bond donors (Lipinski definition) is 2. The zero-order valence-corrected chi connectivity index (χ0v) is 15.8. The van der Waals surface area contributed by atoms with Gasteiger partial charge in [0.05, 0.1) is 6.54 Å². The molecule has 2 N–H and O–H groups in total. The average Bonchev–Trinajstić information content (AvgIpc) is 3.46. The van der Waals surface area contributed by atoms with Crippen molar-refractivity contribution in [2.45, 2.75) is 19.6 Å². The van der Waals surface area contributed by atoms with Crippen LogP contribution in [0.2, 0.25) is 0 Å². The number of nitrogens with one attached hydrogen (secondary N) is 2. The molecule has 8 nitrogen and oxygen atoms in total. The van der Waals surface area contributed by atoms with Gasteiger partial charge in [0.1, 0.15) is 12.1 Å². The molecule has 3 heterocycles. The molecule has 0 aliphatic heterocycles. The molecule has 0 spiro atoms. The Morgan fingerprint density at radius 2 is 1.79 bits per heavy atom. The second-order valence-electron chi connectivity index (χ2n) is 6.50. The van der Waals surface area contributed by atoms with Crippen LogP contribution in [0.3, 0.4) is 0 Å². The fraction of sp³-hybridized carbons (Fsp3) is 0.143. The standard InChI is InChI=1S/C21H21N7O/c29-21(24-13-17-6-7-20(23-12-17)27-11-9-22-16-27)25-14-18-4-1-2-5-19(18)15-28-10-3-8-26-28/h1-12,16H,13-15H2,(H2,24,25,29). The van der Waals surface area contributed by atoms with E-state index in [-0.39, 0.29) is 6.03 Å². The highest BCUT2D eigenvalue weighted by molar-refractivity contribution is 5.73. The number of hydrogen-bond acceptors (Lipinski definition) is 4. The Labute approximate surface area is 168 Å². The second kappa shape index (κ2) is 8.83. The number of imidazole rings is 1. The average molecular weight is 387 g/mol. The summed E-state index contributed by atoms with van der Waals surface area (Å²) < 4.78 is 3.68. The minimum atomic E-state index is -0.224. The molecule has 1 aromatic carbocycles. The van der Waals surface area contributed by atoms with Gasteiger partial charge < -0.3 is 10.6 Å². The number of benzene rings is 1. The molecule has 2 amide bonds. The Bertz CT molecular complexity index is 1040. The Balaban J connectivity index is 1.28. The molecule has 0 aliphatic carbocycles. The first kappa shape index (κ1) is 18.4. The van der Waals surface area contributed by atoms with Crippen LogP contribution in [-0.2, 0) is 19.6 Å². The maximum atomic E-state index is 12.2. The van der Waals surface area contributed by atoms with Crippen LogP contribution in [0.4, 0.5) is 4.79 Å². The van der Waals surface area contributed by atoms with Crippen molar-refractivity contribution in [2.24, 2.45) is 0 Å². The summed E-state index contributed by atoms with van der Waals surface area (Å²) >= 11 is 0. The van der Waals surface area contributed by atoms with Crippen LogP contribution in [0.5, 0.6) is 0 Å². The predicted molar refractivity (Wildman–Crippen MR) is 108 cm³/mol. The van der Waals surface area contributed by atoms with Crippen LogP contribution in [0, 0.1) is 0 Å². The monoisotopic (exact) mass is 387 g/mol. The quantitative estimate of drug-likeness (QED) is 0.510. The summed E-state index contributed by atoms with van der Waals surface area (Å²) in [5.74, 6) is 0.782. The molecular weight excluding hydrogens is 366 g/mol. The summed E-state index contributed by atoms with van der Waals surface area (Å²) in [6.45, 7) is 1.51. The largest absolute Gasteiger partial charge is 0.334 e. The predicted octanol–water partition coefficient (Wildman–Crippen LogP) is 2.51. The van der Waals surface area contributed by atoms with E-state index in [1.807, 2.05) is 64.1 Å². The van der Waals surface area contributed by atoms with E-state index >= 15 is 0 Å². The highest BCUT2D eigenvalue weighted by atomic mass is 16.2. The van der Waals surface area contributed by atoms with Crippen molar-refractivity contribution < 1.29 is 4.79 Å². The molecule has 0 bridgehead atoms. The smallest absolute Gasteiger partial charge is 0.315 e. The van der Waals surface area contributed by atoms with Gasteiger partial charge in [-0.25, -0.2) is 14.8 Å². The Kier molecular flexibility index (Phi) is 5.61. The van der Waals surface area contributed by atoms with Crippen molar-refractivity contribution in [3.8, 4) is 5.82 Å². The molecule has 0 radical (unpaired) electrons. The molecule has 3 aromatic heterocycles. The highest BCUT2D eigenvalue weighted by Gasteiger charge is 2.06. The molecule has 0 saturated carbocycles. The van der Waals surface area contributed by atoms with Crippen molar-refractivity contribution in [1.82, 2.24) is 34.9 Å². The van der Waals surface area contributed by atoms with Crippen LogP contribution in [0.25, 0.3) is 5.82 Å². The third-order valence-corrected chi connectivity index (χ3v) is 4.48. The topological polar surface area (TPSA) is 89.7 Å². The number of rotatable bonds is 7. The minimum absolute atomic E-state index is 0.224. The Morgan fingerprint density at radius 1 is 0.931 bits per heavy atom. The van der Waals surface area contributed by atoms with Gasteiger partial charge in [0.2, 0.25) is 0 Å². The van der Waals surface area contributed by atoms with E-state index in [4.69, 9.17) is 0 Å². The first-order valence-electron chi connectivity index (χ1n) is 9.27. The van der Waals surface area contributed by atoms with Gasteiger partial charge in [0, 0.05) is 44.1 Å². The lowest BCUT2D eigenvalue weighted by atomic mass is 10.1. The summed E-state index contributed by atoms with van der Waals surface area (Å²) in [6, 6.07) is 13.5. The minimum Gasteiger partial charge on any atom is -0.334 e. The van der Waals surface area contributed by atoms with Gasteiger partial charge in [-0.3, -0.25) is 9.25 Å². The number of carbonyl (C=O) groups excluding carboxylic acids is 1. The summed E-state index contributed by atoms with van der Waals surface area (Å²) in [5.41, 5.74) is 3.10. The molecule has 0 atom stereocenters. The van der Waals surface area contributed by atoms with Crippen molar-refractivity contribution in [3.05, 3.63) is 96.5 Å². The first-order valence-corrected chi connectivity index (χ1v) is 9.27. The van der Waals surface area contributed by atoms with Gasteiger partial charge in [-0.2, -0.15) is 5.10 Å². The van der Waals surface area contributed by atoms with Gasteiger partial charge in [-0.15, -0.1) is 0 Å². The maximum Gasteiger partial charge on any atom is 0.315 e. The van der Waals surface area contributed by atoms with Gasteiger partial charge in [-0.1, -0.05) is 30.3 Å². The lowest BCUT2D eigenvalue weighted by Crippen LogP contribution is -2.34. The van der Waals surface area contributed by atoms with E-state index in [0.717, 1.165) is 22.5 Å². The number of pyridine rings is 1. The fourth-order valence-electron chi connectivity index (χ4n) is 2.94. The van der Waals surface area contributed by atoms with E-state index in [0.29, 0.717) is 19.6 Å². The van der Waals surface area contributed by atoms with Crippen LogP contribution in [-0.4, -0.2) is 30.3 Å². The van der Waals surface area contributed by atoms with Crippen molar-refractivity contribution in [2.75, 3.05) is 0 Å². The normalized spacial score (nSPS) is 10.6. The van der Waals surface area contributed by atoms with Crippen molar-refractivity contribution in [3.63, 3.8) is 0 Å². The van der Waals surface area contributed by atoms with Gasteiger partial charge in [0.25, 0.3) is 0 Å². The van der Waals surface area contributed by atoms with Crippen LogP contribution >= 0.6 is 0 Å². The first-order chi connectivity index (χ1) is 14.3. The Morgan fingerprint density at radius 3 is 2.52 bits per heavy atom. The maximum absolute atomic E-state index is 12.2. The molecule has 0 fully saturated rings. The van der Waals surface area contributed by atoms with E-state index < -0.39 is 0 Å². The van der Waals surface area contributed by atoms with E-state index in [1.54, 1.807) is 24.9 Å². The summed E-state index contributed by atoms with van der Waals surface area (Å²) in [7, 11) is 0. The third-order valence-electron chi connectivity index (χ3n) is 4.48. The number of amides is 2. The van der Waals surface area contributed by atoms with Crippen LogP contribution in [0.15, 0.2) is 79.8 Å². The number of carbonyl (C=O) groups is 1. The molecule has 4 rings (SSSR count). The summed E-state index contributed by atoms with van der Waals surface area (Å²) in [4.78, 5) is 20.6. The van der Waals surface area contributed by atoms with Crippen LogP contribution < -0.4 is 10.6 Å². The van der Waals surface area contributed by atoms with E-state index in [1.165, 1.54) is 0 Å². The summed E-state index contributed by atoms with van der Waals surface area (Å²) in [6.07, 6.45) is 10.6. The van der Waals surface area contributed by atoms with Gasteiger partial charge >= 0.3 is 6.03 Å². The van der Waals surface area contributed by atoms with Crippen molar-refractivity contribution >= 4 is 6.03 Å². The lowest BCUT2D eigenvalue weighted by Gasteiger charge is -2.12. The number of nitrogens with zero attached hydrogens (tertiary/aromatic N) is 5. The van der Waals surface area contributed by atoms with Gasteiger partial charge in [-0.05, 0) is 28.8 Å². The van der Waals surface area contributed by atoms with Crippen molar-refractivity contribution in [1.29, 1.82) is 0 Å². The molecule has 4 aromatic rings. The molecule has 8 heteroatoms. The third kappa shape index (κ3) is 4.86. The molecule has 29 heavy (non-hydrogen) atoms. The molecule has 0 aliphatic rings.